The smallest absolute Gasteiger partial charge is 0.102 e. The van der Waals surface area contributed by atoms with Crippen LogP contribution in [-0.4, -0.2) is 14.6 Å². The van der Waals surface area contributed by atoms with Crippen LogP contribution in [0.4, 0.5) is 0 Å². The molecule has 0 N–H and O–H groups in total. The van der Waals surface area contributed by atoms with Crippen LogP contribution in [0.15, 0.2) is 140 Å². The molecular weight excluding hydrogens is 474 g/mol. The summed E-state index contributed by atoms with van der Waals surface area (Å²) in [6, 6.07) is 45.2. The van der Waals surface area contributed by atoms with Gasteiger partial charge in [-0.1, -0.05) is 103 Å². The minimum atomic E-state index is 0.987. The molecule has 0 saturated carbocycles. The molecule has 3 heterocycles. The molecule has 3 heteroatoms. The van der Waals surface area contributed by atoms with Gasteiger partial charge in [0.25, 0.3) is 0 Å². The van der Waals surface area contributed by atoms with Crippen molar-refractivity contribution in [1.82, 2.24) is 14.6 Å². The van der Waals surface area contributed by atoms with E-state index in [4.69, 9.17) is 5.10 Å². The second-order valence-corrected chi connectivity index (χ2v) is 9.90. The van der Waals surface area contributed by atoms with E-state index in [2.05, 4.69) is 137 Å². The minimum absolute atomic E-state index is 0.987. The van der Waals surface area contributed by atoms with Crippen molar-refractivity contribution in [3.05, 3.63) is 140 Å². The standard InChI is InChI=1S/C36H23N3/c1-2-10-25(11-3-1)33-35(34-29-15-7-4-12-26(29)22-27-13-5-8-16-30(27)34)38-39-32(24-18-20-37-21-19-24)23-28-14-6-9-17-31(28)36(33)39/h1-23H. The van der Waals surface area contributed by atoms with Gasteiger partial charge >= 0.3 is 0 Å². The van der Waals surface area contributed by atoms with Gasteiger partial charge in [0, 0.05) is 34.5 Å². The van der Waals surface area contributed by atoms with Gasteiger partial charge in [-0.25, -0.2) is 4.52 Å². The maximum atomic E-state index is 5.48. The quantitative estimate of drug-likeness (QED) is 0.228. The van der Waals surface area contributed by atoms with Gasteiger partial charge in [0.05, 0.1) is 11.2 Å². The van der Waals surface area contributed by atoms with Gasteiger partial charge < -0.3 is 0 Å². The molecule has 182 valence electrons. The summed E-state index contributed by atoms with van der Waals surface area (Å²) in [5.74, 6) is 0. The maximum absolute atomic E-state index is 5.48. The molecule has 0 fully saturated rings. The number of benzene rings is 5. The van der Waals surface area contributed by atoms with E-state index in [1.54, 1.807) is 0 Å². The highest BCUT2D eigenvalue weighted by Gasteiger charge is 2.23. The molecule has 8 aromatic rings. The Balaban J connectivity index is 1.63. The number of pyridine rings is 2. The summed E-state index contributed by atoms with van der Waals surface area (Å²) in [6.07, 6.45) is 3.69. The normalized spacial score (nSPS) is 11.6. The molecule has 39 heavy (non-hydrogen) atoms. The van der Waals surface area contributed by atoms with Crippen molar-refractivity contribution in [3.63, 3.8) is 0 Å². The van der Waals surface area contributed by atoms with Crippen LogP contribution in [0, 0.1) is 0 Å². The van der Waals surface area contributed by atoms with Crippen LogP contribution < -0.4 is 0 Å². The van der Waals surface area contributed by atoms with Crippen LogP contribution in [0.5, 0.6) is 0 Å². The highest BCUT2D eigenvalue weighted by molar-refractivity contribution is 6.17. The SMILES string of the molecule is c1ccc(-c2c(-c3c4ccccc4cc4ccccc34)nn3c(-c4ccncc4)cc4ccccc4c23)cc1. The summed E-state index contributed by atoms with van der Waals surface area (Å²) in [6.45, 7) is 0. The fraction of sp³-hybridized carbons (Fsp3) is 0. The van der Waals surface area contributed by atoms with Crippen LogP contribution in [0.2, 0.25) is 0 Å². The number of hydrogen-bond acceptors (Lipinski definition) is 2. The molecule has 0 saturated heterocycles. The summed E-state index contributed by atoms with van der Waals surface area (Å²) in [7, 11) is 0. The highest BCUT2D eigenvalue weighted by Crippen LogP contribution is 2.45. The first-order valence-corrected chi connectivity index (χ1v) is 13.2. The Kier molecular flexibility index (Phi) is 4.82. The second-order valence-electron chi connectivity index (χ2n) is 9.90. The zero-order chi connectivity index (χ0) is 25.8. The van der Waals surface area contributed by atoms with Crippen LogP contribution >= 0.6 is 0 Å². The summed E-state index contributed by atoms with van der Waals surface area (Å²) < 4.78 is 2.14. The van der Waals surface area contributed by atoms with Gasteiger partial charge in [0.1, 0.15) is 5.69 Å². The lowest BCUT2D eigenvalue weighted by Gasteiger charge is -2.12. The number of rotatable bonds is 3. The molecule has 5 aromatic carbocycles. The van der Waals surface area contributed by atoms with Crippen molar-refractivity contribution in [3.8, 4) is 33.6 Å². The van der Waals surface area contributed by atoms with Crippen molar-refractivity contribution in [2.75, 3.05) is 0 Å². The predicted octanol–water partition coefficient (Wildman–Crippen LogP) is 9.19. The van der Waals surface area contributed by atoms with Crippen LogP contribution in [-0.2, 0) is 0 Å². The number of nitrogens with zero attached hydrogens (tertiary/aromatic N) is 3. The van der Waals surface area contributed by atoms with Crippen molar-refractivity contribution in [2.45, 2.75) is 0 Å². The Labute approximate surface area is 225 Å². The van der Waals surface area contributed by atoms with Gasteiger partial charge in [-0.3, -0.25) is 4.98 Å². The summed E-state index contributed by atoms with van der Waals surface area (Å²) in [4.78, 5) is 4.27. The first-order chi connectivity index (χ1) is 19.4. The van der Waals surface area contributed by atoms with Crippen molar-refractivity contribution >= 4 is 37.8 Å². The predicted molar refractivity (Wildman–Crippen MR) is 162 cm³/mol. The van der Waals surface area contributed by atoms with E-state index in [1.165, 1.54) is 32.3 Å². The molecular formula is C36H23N3. The van der Waals surface area contributed by atoms with Gasteiger partial charge in [-0.15, -0.1) is 0 Å². The van der Waals surface area contributed by atoms with E-state index in [1.807, 2.05) is 12.4 Å². The average molecular weight is 498 g/mol. The van der Waals surface area contributed by atoms with Gasteiger partial charge in [0.15, 0.2) is 0 Å². The van der Waals surface area contributed by atoms with E-state index in [0.29, 0.717) is 0 Å². The lowest BCUT2D eigenvalue weighted by atomic mass is 9.90. The summed E-state index contributed by atoms with van der Waals surface area (Å²) >= 11 is 0. The van der Waals surface area contributed by atoms with Gasteiger partial charge in [-0.2, -0.15) is 5.10 Å². The largest absolute Gasteiger partial charge is 0.265 e. The highest BCUT2D eigenvalue weighted by atomic mass is 15.2. The van der Waals surface area contributed by atoms with E-state index >= 15 is 0 Å². The molecule has 0 atom stereocenters. The fourth-order valence-corrected chi connectivity index (χ4v) is 5.94. The third-order valence-electron chi connectivity index (χ3n) is 7.67. The van der Waals surface area contributed by atoms with Crippen molar-refractivity contribution in [1.29, 1.82) is 0 Å². The topological polar surface area (TPSA) is 30.2 Å². The monoisotopic (exact) mass is 497 g/mol. The molecule has 0 spiro atoms. The third kappa shape index (κ3) is 3.37. The van der Waals surface area contributed by atoms with E-state index in [-0.39, 0.29) is 0 Å². The third-order valence-corrected chi connectivity index (χ3v) is 7.67. The number of hydrogen-bond donors (Lipinski definition) is 0. The fourth-order valence-electron chi connectivity index (χ4n) is 5.94. The van der Waals surface area contributed by atoms with Crippen molar-refractivity contribution < 1.29 is 0 Å². The van der Waals surface area contributed by atoms with Gasteiger partial charge in [0.2, 0.25) is 0 Å². The van der Waals surface area contributed by atoms with E-state index in [9.17, 15) is 0 Å². The Hall–Kier alpha value is -5.28. The number of aromatic nitrogens is 3. The Morgan fingerprint density at radius 3 is 1.69 bits per heavy atom. The first-order valence-electron chi connectivity index (χ1n) is 13.2. The zero-order valence-corrected chi connectivity index (χ0v) is 21.1. The van der Waals surface area contributed by atoms with E-state index < -0.39 is 0 Å². The molecule has 0 aliphatic rings. The molecule has 0 aliphatic carbocycles. The lowest BCUT2D eigenvalue weighted by molar-refractivity contribution is 0.980. The van der Waals surface area contributed by atoms with Crippen molar-refractivity contribution in [2.24, 2.45) is 0 Å². The first kappa shape index (κ1) is 21.8. The molecule has 0 amide bonds. The summed E-state index contributed by atoms with van der Waals surface area (Å²) in [5, 5.41) is 12.7. The maximum Gasteiger partial charge on any atom is 0.102 e. The molecule has 0 aliphatic heterocycles. The average Bonchev–Trinajstić information content (AvgIpc) is 3.41. The Morgan fingerprint density at radius 2 is 1.03 bits per heavy atom. The van der Waals surface area contributed by atoms with Crippen LogP contribution in [0.25, 0.3) is 71.5 Å². The van der Waals surface area contributed by atoms with Crippen LogP contribution in [0.1, 0.15) is 0 Å². The lowest BCUT2D eigenvalue weighted by Crippen LogP contribution is -1.96. The molecule has 0 unspecified atom stereocenters. The number of fused-ring (bicyclic) bond motifs is 5. The Morgan fingerprint density at radius 1 is 0.462 bits per heavy atom. The van der Waals surface area contributed by atoms with E-state index in [0.717, 1.165) is 39.2 Å². The molecule has 3 nitrogen and oxygen atoms in total. The molecule has 0 bridgehead atoms. The Bertz CT molecular complexity index is 2110. The second kappa shape index (κ2) is 8.64. The zero-order valence-electron chi connectivity index (χ0n) is 21.1. The molecule has 8 rings (SSSR count). The van der Waals surface area contributed by atoms with Gasteiger partial charge in [-0.05, 0) is 56.8 Å². The van der Waals surface area contributed by atoms with Crippen LogP contribution in [0.3, 0.4) is 0 Å². The minimum Gasteiger partial charge on any atom is -0.265 e. The molecule has 0 radical (unpaired) electrons. The summed E-state index contributed by atoms with van der Waals surface area (Å²) in [5.41, 5.74) is 7.67. The molecule has 3 aromatic heterocycles.